The number of fused-ring (bicyclic) bond motifs is 1. The molecule has 1 atom stereocenters. The van der Waals surface area contributed by atoms with Gasteiger partial charge in [-0.2, -0.15) is 0 Å². The third kappa shape index (κ3) is 4.23. The number of para-hydroxylation sites is 1. The van der Waals surface area contributed by atoms with Crippen molar-refractivity contribution in [3.05, 3.63) is 54.3 Å². The van der Waals surface area contributed by atoms with Crippen LogP contribution in [-0.2, 0) is 16.1 Å². The minimum Gasteiger partial charge on any atom is -0.492 e. The number of nitrogens with one attached hydrogen (secondary N) is 1. The number of hydrogen-bond donors (Lipinski definition) is 1. The average Bonchev–Trinajstić information content (AvgIpc) is 2.93. The zero-order valence-electron chi connectivity index (χ0n) is 13.5. The molecule has 0 fully saturated rings. The van der Waals surface area contributed by atoms with Crippen molar-refractivity contribution in [2.45, 2.75) is 32.0 Å². The Balaban J connectivity index is 1.55. The van der Waals surface area contributed by atoms with Crippen molar-refractivity contribution in [3.8, 4) is 0 Å². The summed E-state index contributed by atoms with van der Waals surface area (Å²) in [6, 6.07) is 8.32. The lowest BCUT2D eigenvalue weighted by Gasteiger charge is -2.14. The van der Waals surface area contributed by atoms with Crippen molar-refractivity contribution in [2.75, 3.05) is 25.0 Å². The van der Waals surface area contributed by atoms with Crippen molar-refractivity contribution >= 4 is 11.4 Å². The summed E-state index contributed by atoms with van der Waals surface area (Å²) in [5, 5.41) is 3.48. The topological polar surface area (TPSA) is 42.8 Å². The van der Waals surface area contributed by atoms with E-state index in [0.29, 0.717) is 6.61 Å². The van der Waals surface area contributed by atoms with Gasteiger partial charge in [0.2, 0.25) is 0 Å². The fraction of sp³-hybridized carbons (Fsp3) is 0.421. The van der Waals surface area contributed by atoms with Gasteiger partial charge in [-0.1, -0.05) is 24.8 Å². The maximum absolute atomic E-state index is 6.01. The maximum atomic E-state index is 6.01. The Bertz CT molecular complexity index is 580. The van der Waals surface area contributed by atoms with Crippen molar-refractivity contribution in [3.63, 3.8) is 0 Å². The van der Waals surface area contributed by atoms with Gasteiger partial charge in [-0.15, -0.1) is 0 Å². The van der Waals surface area contributed by atoms with Gasteiger partial charge in [0.25, 0.3) is 0 Å². The van der Waals surface area contributed by atoms with Crippen LogP contribution in [0.5, 0.6) is 0 Å². The molecule has 2 heterocycles. The summed E-state index contributed by atoms with van der Waals surface area (Å²) in [4.78, 5) is 4.49. The molecule has 0 aliphatic carbocycles. The van der Waals surface area contributed by atoms with Gasteiger partial charge in [0, 0.05) is 30.8 Å². The average molecular weight is 312 g/mol. The summed E-state index contributed by atoms with van der Waals surface area (Å²) >= 11 is 0. The fourth-order valence-electron chi connectivity index (χ4n) is 2.82. The van der Waals surface area contributed by atoms with Crippen LogP contribution in [0.25, 0.3) is 0 Å². The standard InChI is InChI=1S/C19H24N2O2/c1-2-17-19(22-12-6-11-20-17)10-5-8-16-13-21-18-9-4-3-7-15(18)14-23-16/h2-4,7,9-10,16,21H,1,5-6,8,11-14H2/b19-10+. The van der Waals surface area contributed by atoms with Gasteiger partial charge in [0.1, 0.15) is 5.76 Å². The summed E-state index contributed by atoms with van der Waals surface area (Å²) in [5.74, 6) is 0.863. The largest absolute Gasteiger partial charge is 0.492 e. The summed E-state index contributed by atoms with van der Waals surface area (Å²) in [5.41, 5.74) is 3.28. The Hall–Kier alpha value is -2.07. The summed E-state index contributed by atoms with van der Waals surface area (Å²) < 4.78 is 11.8. The molecule has 2 aliphatic heterocycles. The first-order valence-electron chi connectivity index (χ1n) is 8.30. The van der Waals surface area contributed by atoms with E-state index in [-0.39, 0.29) is 6.10 Å². The third-order valence-corrected chi connectivity index (χ3v) is 4.12. The first kappa shape index (κ1) is 15.8. The Morgan fingerprint density at radius 3 is 3.17 bits per heavy atom. The second-order valence-corrected chi connectivity index (χ2v) is 5.79. The lowest BCUT2D eigenvalue weighted by Crippen LogP contribution is -2.20. The van der Waals surface area contributed by atoms with Crippen LogP contribution >= 0.6 is 0 Å². The quantitative estimate of drug-likeness (QED) is 0.921. The van der Waals surface area contributed by atoms with Gasteiger partial charge in [-0.25, -0.2) is 0 Å². The van der Waals surface area contributed by atoms with Crippen LogP contribution in [0, 0.1) is 0 Å². The lowest BCUT2D eigenvalue weighted by atomic mass is 10.1. The number of allylic oxidation sites excluding steroid dienone is 2. The Morgan fingerprint density at radius 2 is 2.26 bits per heavy atom. The predicted molar refractivity (Wildman–Crippen MR) is 93.9 cm³/mol. The van der Waals surface area contributed by atoms with Gasteiger partial charge >= 0.3 is 0 Å². The van der Waals surface area contributed by atoms with E-state index in [4.69, 9.17) is 9.47 Å². The lowest BCUT2D eigenvalue weighted by molar-refractivity contribution is 0.0479. The number of ether oxygens (including phenoxy) is 2. The molecule has 0 spiro atoms. The van der Waals surface area contributed by atoms with E-state index in [1.165, 1.54) is 11.3 Å². The SMILES string of the molecule is C=CC1=NCCCO/C1=C/CCC1CNc2ccccc2CO1. The molecule has 1 N–H and O–H groups in total. The molecule has 2 aliphatic rings. The van der Waals surface area contributed by atoms with Crippen LogP contribution in [-0.4, -0.2) is 31.5 Å². The zero-order chi connectivity index (χ0) is 15.9. The molecule has 1 aromatic carbocycles. The first-order valence-corrected chi connectivity index (χ1v) is 8.30. The molecule has 0 radical (unpaired) electrons. The van der Waals surface area contributed by atoms with Gasteiger partial charge in [-0.05, 0) is 31.1 Å². The van der Waals surface area contributed by atoms with Crippen molar-refractivity contribution in [1.82, 2.24) is 0 Å². The van der Waals surface area contributed by atoms with Gasteiger partial charge < -0.3 is 14.8 Å². The third-order valence-electron chi connectivity index (χ3n) is 4.12. The monoisotopic (exact) mass is 312 g/mol. The summed E-state index contributed by atoms with van der Waals surface area (Å²) in [6.45, 7) is 6.86. The van der Waals surface area contributed by atoms with Crippen LogP contribution < -0.4 is 5.32 Å². The molecule has 0 amide bonds. The Labute approximate surface area is 137 Å². The van der Waals surface area contributed by atoms with Crippen molar-refractivity contribution < 1.29 is 9.47 Å². The molecule has 0 saturated carbocycles. The number of benzene rings is 1. The molecule has 23 heavy (non-hydrogen) atoms. The van der Waals surface area contributed by atoms with Crippen LogP contribution in [0.2, 0.25) is 0 Å². The molecule has 0 aromatic heterocycles. The van der Waals surface area contributed by atoms with E-state index >= 15 is 0 Å². The van der Waals surface area contributed by atoms with E-state index in [9.17, 15) is 0 Å². The van der Waals surface area contributed by atoms with Gasteiger partial charge in [0.05, 0.1) is 25.0 Å². The number of hydrogen-bond acceptors (Lipinski definition) is 4. The highest BCUT2D eigenvalue weighted by Gasteiger charge is 2.15. The molecule has 4 heteroatoms. The fourth-order valence-corrected chi connectivity index (χ4v) is 2.82. The van der Waals surface area contributed by atoms with Crippen LogP contribution in [0.1, 0.15) is 24.8 Å². The Kier molecular flexibility index (Phi) is 5.48. The molecule has 1 aromatic rings. The highest BCUT2D eigenvalue weighted by atomic mass is 16.5. The van der Waals surface area contributed by atoms with Crippen LogP contribution in [0.4, 0.5) is 5.69 Å². The minimum atomic E-state index is 0.203. The van der Waals surface area contributed by atoms with E-state index < -0.39 is 0 Å². The summed E-state index contributed by atoms with van der Waals surface area (Å²) in [7, 11) is 0. The molecular weight excluding hydrogens is 288 g/mol. The number of nitrogens with zero attached hydrogens (tertiary/aromatic N) is 1. The molecule has 3 rings (SSSR count). The highest BCUT2D eigenvalue weighted by Crippen LogP contribution is 2.22. The molecule has 1 unspecified atom stereocenters. The second-order valence-electron chi connectivity index (χ2n) is 5.79. The number of rotatable bonds is 4. The van der Waals surface area contributed by atoms with E-state index in [1.54, 1.807) is 6.08 Å². The highest BCUT2D eigenvalue weighted by molar-refractivity contribution is 6.06. The van der Waals surface area contributed by atoms with E-state index in [1.807, 2.05) is 6.07 Å². The molecule has 122 valence electrons. The van der Waals surface area contributed by atoms with Gasteiger partial charge in [0.15, 0.2) is 0 Å². The van der Waals surface area contributed by atoms with Crippen LogP contribution in [0.3, 0.4) is 0 Å². The van der Waals surface area contributed by atoms with Crippen molar-refractivity contribution in [1.29, 1.82) is 0 Å². The first-order chi connectivity index (χ1) is 11.4. The second kappa shape index (κ2) is 7.97. The van der Waals surface area contributed by atoms with Crippen molar-refractivity contribution in [2.24, 2.45) is 4.99 Å². The zero-order valence-corrected chi connectivity index (χ0v) is 13.5. The Morgan fingerprint density at radius 1 is 1.35 bits per heavy atom. The van der Waals surface area contributed by atoms with E-state index in [0.717, 1.165) is 50.4 Å². The van der Waals surface area contributed by atoms with E-state index in [2.05, 4.69) is 41.2 Å². The molecular formula is C19H24N2O2. The number of aliphatic imine (C=N–C) groups is 1. The number of anilines is 1. The predicted octanol–water partition coefficient (Wildman–Crippen LogP) is 3.71. The normalized spacial score (nSPS) is 22.9. The molecule has 0 bridgehead atoms. The molecule has 0 saturated heterocycles. The minimum absolute atomic E-state index is 0.203. The molecule has 4 nitrogen and oxygen atoms in total. The maximum Gasteiger partial charge on any atom is 0.140 e. The smallest absolute Gasteiger partial charge is 0.140 e. The summed E-state index contributed by atoms with van der Waals surface area (Å²) in [6.07, 6.45) is 6.92. The van der Waals surface area contributed by atoms with Gasteiger partial charge in [-0.3, -0.25) is 4.99 Å². The van der Waals surface area contributed by atoms with Crippen LogP contribution in [0.15, 0.2) is 53.7 Å².